The van der Waals surface area contributed by atoms with Crippen LogP contribution in [0.5, 0.6) is 11.5 Å². The highest BCUT2D eigenvalue weighted by molar-refractivity contribution is 9.10. The van der Waals surface area contributed by atoms with E-state index in [1.807, 2.05) is 31.2 Å². The van der Waals surface area contributed by atoms with Crippen LogP contribution in [0.1, 0.15) is 18.1 Å². The summed E-state index contributed by atoms with van der Waals surface area (Å²) >= 11 is 9.20. The summed E-state index contributed by atoms with van der Waals surface area (Å²) in [4.78, 5) is 0. The third-order valence-corrected chi connectivity index (χ3v) is 3.56. The van der Waals surface area contributed by atoms with E-state index in [9.17, 15) is 4.39 Å². The van der Waals surface area contributed by atoms with E-state index in [1.54, 1.807) is 0 Å². The van der Waals surface area contributed by atoms with E-state index in [4.69, 9.17) is 21.1 Å². The average molecular weight is 374 g/mol. The summed E-state index contributed by atoms with van der Waals surface area (Å²) in [5, 5.41) is 0. The molecule has 0 radical (unpaired) electrons. The van der Waals surface area contributed by atoms with Crippen molar-refractivity contribution in [2.24, 2.45) is 0 Å². The summed E-state index contributed by atoms with van der Waals surface area (Å²) in [6.45, 7) is 2.68. The van der Waals surface area contributed by atoms with Crippen LogP contribution >= 0.6 is 27.5 Å². The van der Waals surface area contributed by atoms with E-state index in [-0.39, 0.29) is 12.4 Å². The molecular formula is C16H15BrClFO2. The predicted molar refractivity (Wildman–Crippen MR) is 85.6 cm³/mol. The lowest BCUT2D eigenvalue weighted by Gasteiger charge is -2.15. The van der Waals surface area contributed by atoms with Gasteiger partial charge >= 0.3 is 0 Å². The Morgan fingerprint density at radius 1 is 1.19 bits per heavy atom. The van der Waals surface area contributed by atoms with Gasteiger partial charge < -0.3 is 9.47 Å². The largest absolute Gasteiger partial charge is 0.490 e. The number of benzene rings is 2. The Morgan fingerprint density at radius 3 is 2.67 bits per heavy atom. The summed E-state index contributed by atoms with van der Waals surface area (Å²) in [5.74, 6) is 1.27. The molecule has 0 bridgehead atoms. The van der Waals surface area contributed by atoms with Gasteiger partial charge in [-0.25, -0.2) is 4.39 Å². The number of ether oxygens (including phenoxy) is 2. The van der Waals surface area contributed by atoms with Gasteiger partial charge in [0.05, 0.1) is 12.5 Å². The second-order valence-corrected chi connectivity index (χ2v) is 5.56. The van der Waals surface area contributed by atoms with Crippen LogP contribution in [0.25, 0.3) is 0 Å². The molecule has 5 heteroatoms. The van der Waals surface area contributed by atoms with Gasteiger partial charge in [-0.3, -0.25) is 0 Å². The zero-order valence-corrected chi connectivity index (χ0v) is 13.9. The van der Waals surface area contributed by atoms with Crippen LogP contribution in [0, 0.1) is 5.82 Å². The molecule has 112 valence electrons. The normalized spacial score (nSPS) is 10.5. The van der Waals surface area contributed by atoms with Crippen molar-refractivity contribution in [3.8, 4) is 11.5 Å². The molecule has 0 aliphatic rings. The second kappa shape index (κ2) is 7.66. The molecule has 2 aromatic rings. The SMILES string of the molecule is CCOc1cccc(CCl)c1OCc1cc(F)cc(Br)c1. The molecule has 0 spiro atoms. The fourth-order valence-electron chi connectivity index (χ4n) is 1.95. The van der Waals surface area contributed by atoms with Crippen molar-refractivity contribution in [3.05, 3.63) is 57.8 Å². The number of hydrogen-bond acceptors (Lipinski definition) is 2. The van der Waals surface area contributed by atoms with Gasteiger partial charge in [0.25, 0.3) is 0 Å². The maximum atomic E-state index is 13.4. The molecule has 21 heavy (non-hydrogen) atoms. The highest BCUT2D eigenvalue weighted by Crippen LogP contribution is 2.33. The van der Waals surface area contributed by atoms with Crippen molar-refractivity contribution in [1.82, 2.24) is 0 Å². The van der Waals surface area contributed by atoms with Crippen LogP contribution in [-0.2, 0) is 12.5 Å². The topological polar surface area (TPSA) is 18.5 Å². The van der Waals surface area contributed by atoms with Gasteiger partial charge in [-0.2, -0.15) is 0 Å². The Kier molecular flexibility index (Phi) is 5.88. The summed E-state index contributed by atoms with van der Waals surface area (Å²) in [7, 11) is 0. The van der Waals surface area contributed by atoms with Gasteiger partial charge in [0.15, 0.2) is 11.5 Å². The molecule has 0 fully saturated rings. The van der Waals surface area contributed by atoms with Gasteiger partial charge in [-0.15, -0.1) is 11.6 Å². The van der Waals surface area contributed by atoms with Crippen molar-refractivity contribution in [2.45, 2.75) is 19.4 Å². The molecule has 0 N–H and O–H groups in total. The lowest BCUT2D eigenvalue weighted by molar-refractivity contribution is 0.267. The lowest BCUT2D eigenvalue weighted by Crippen LogP contribution is -2.02. The van der Waals surface area contributed by atoms with E-state index < -0.39 is 0 Å². The third kappa shape index (κ3) is 4.35. The van der Waals surface area contributed by atoms with Crippen molar-refractivity contribution >= 4 is 27.5 Å². The van der Waals surface area contributed by atoms with Gasteiger partial charge in [0, 0.05) is 10.0 Å². The van der Waals surface area contributed by atoms with Crippen LogP contribution in [-0.4, -0.2) is 6.61 Å². The minimum Gasteiger partial charge on any atom is -0.490 e. The third-order valence-electron chi connectivity index (χ3n) is 2.81. The first-order valence-corrected chi connectivity index (χ1v) is 7.85. The Labute approximate surface area is 137 Å². The molecular weight excluding hydrogens is 359 g/mol. The van der Waals surface area contributed by atoms with Gasteiger partial charge in [-0.1, -0.05) is 28.1 Å². The minimum absolute atomic E-state index is 0.240. The molecule has 0 aliphatic carbocycles. The van der Waals surface area contributed by atoms with Crippen molar-refractivity contribution < 1.29 is 13.9 Å². The minimum atomic E-state index is -0.307. The average Bonchev–Trinajstić information content (AvgIpc) is 2.45. The van der Waals surface area contributed by atoms with E-state index in [2.05, 4.69) is 15.9 Å². The highest BCUT2D eigenvalue weighted by Gasteiger charge is 2.11. The summed E-state index contributed by atoms with van der Waals surface area (Å²) in [6, 6.07) is 10.2. The fraction of sp³-hybridized carbons (Fsp3) is 0.250. The first kappa shape index (κ1) is 16.1. The summed E-state index contributed by atoms with van der Waals surface area (Å²) in [6.07, 6.45) is 0. The van der Waals surface area contributed by atoms with Crippen LogP contribution in [0.4, 0.5) is 4.39 Å². The van der Waals surface area contributed by atoms with E-state index in [0.717, 1.165) is 11.1 Å². The molecule has 0 unspecified atom stereocenters. The molecule has 0 aromatic heterocycles. The van der Waals surface area contributed by atoms with E-state index in [0.29, 0.717) is 28.5 Å². The molecule has 0 heterocycles. The van der Waals surface area contributed by atoms with Crippen molar-refractivity contribution in [3.63, 3.8) is 0 Å². The Bertz CT molecular complexity index is 599. The predicted octanol–water partition coefficient (Wildman–Crippen LogP) is 5.30. The molecule has 0 atom stereocenters. The highest BCUT2D eigenvalue weighted by atomic mass is 79.9. The van der Waals surface area contributed by atoms with Crippen LogP contribution < -0.4 is 9.47 Å². The quantitative estimate of drug-likeness (QED) is 0.639. The number of rotatable bonds is 6. The van der Waals surface area contributed by atoms with Crippen molar-refractivity contribution in [2.75, 3.05) is 6.61 Å². The van der Waals surface area contributed by atoms with Gasteiger partial charge in [0.1, 0.15) is 12.4 Å². The fourth-order valence-corrected chi connectivity index (χ4v) is 2.67. The maximum absolute atomic E-state index is 13.4. The first-order valence-electron chi connectivity index (χ1n) is 6.52. The summed E-state index contributed by atoms with van der Waals surface area (Å²) in [5.41, 5.74) is 1.58. The van der Waals surface area contributed by atoms with Crippen LogP contribution in [0.15, 0.2) is 40.9 Å². The standard InChI is InChI=1S/C16H15BrClFO2/c1-2-20-15-5-3-4-12(9-18)16(15)21-10-11-6-13(17)8-14(19)7-11/h3-8H,2,9-10H2,1H3. The molecule has 2 rings (SSSR count). The summed E-state index contributed by atoms with van der Waals surface area (Å²) < 4.78 is 25.4. The van der Waals surface area contributed by atoms with E-state index in [1.165, 1.54) is 12.1 Å². The van der Waals surface area contributed by atoms with Gasteiger partial charge in [-0.05, 0) is 36.8 Å². The Morgan fingerprint density at radius 2 is 2.00 bits per heavy atom. The smallest absolute Gasteiger partial charge is 0.166 e. The second-order valence-electron chi connectivity index (χ2n) is 4.38. The number of para-hydroxylation sites is 1. The monoisotopic (exact) mass is 372 g/mol. The van der Waals surface area contributed by atoms with Crippen LogP contribution in [0.2, 0.25) is 0 Å². The van der Waals surface area contributed by atoms with E-state index >= 15 is 0 Å². The zero-order valence-electron chi connectivity index (χ0n) is 11.5. The molecule has 0 amide bonds. The molecule has 0 saturated carbocycles. The van der Waals surface area contributed by atoms with Crippen molar-refractivity contribution in [1.29, 1.82) is 0 Å². The van der Waals surface area contributed by atoms with Gasteiger partial charge in [0.2, 0.25) is 0 Å². The lowest BCUT2D eigenvalue weighted by atomic mass is 10.2. The Hall–Kier alpha value is -1.26. The Balaban J connectivity index is 2.22. The number of hydrogen-bond donors (Lipinski definition) is 0. The molecule has 0 aliphatic heterocycles. The molecule has 2 nitrogen and oxygen atoms in total. The van der Waals surface area contributed by atoms with Crippen LogP contribution in [0.3, 0.4) is 0 Å². The first-order chi connectivity index (χ1) is 10.1. The molecule has 2 aromatic carbocycles. The number of alkyl halides is 1. The zero-order chi connectivity index (χ0) is 15.2. The maximum Gasteiger partial charge on any atom is 0.166 e. The number of halogens is 3. The molecule has 0 saturated heterocycles.